The van der Waals surface area contributed by atoms with Gasteiger partial charge in [-0.2, -0.15) is 0 Å². The number of anilines is 6. The first-order valence-electron chi connectivity index (χ1n) is 19.2. The number of rotatable bonds is 8. The largest absolute Gasteiger partial charge is 0.310 e. The zero-order valence-corrected chi connectivity index (χ0v) is 30.8. The van der Waals surface area contributed by atoms with Crippen molar-refractivity contribution in [1.29, 1.82) is 0 Å². The average Bonchev–Trinajstić information content (AvgIpc) is 3.27. The van der Waals surface area contributed by atoms with Gasteiger partial charge in [-0.25, -0.2) is 0 Å². The second-order valence-electron chi connectivity index (χ2n) is 14.2. The Morgan fingerprint density at radius 2 is 0.607 bits per heavy atom. The van der Waals surface area contributed by atoms with E-state index in [1.807, 2.05) is 0 Å². The Kier molecular flexibility index (Phi) is 8.55. The highest BCUT2D eigenvalue weighted by molar-refractivity contribution is 6.04. The number of nitrogens with zero attached hydrogens (tertiary/aromatic N) is 2. The van der Waals surface area contributed by atoms with E-state index < -0.39 is 0 Å². The molecule has 0 aliphatic rings. The van der Waals surface area contributed by atoms with Gasteiger partial charge in [-0.15, -0.1) is 0 Å². The van der Waals surface area contributed by atoms with Crippen LogP contribution < -0.4 is 9.80 Å². The molecule has 0 fully saturated rings. The maximum absolute atomic E-state index is 2.34. The molecular formula is C54H38N2. The molecule has 0 aliphatic heterocycles. The average molecular weight is 715 g/mol. The quantitative estimate of drug-likeness (QED) is 0.155. The van der Waals surface area contributed by atoms with Crippen LogP contribution in [0, 0.1) is 0 Å². The van der Waals surface area contributed by atoms with E-state index in [2.05, 4.69) is 240 Å². The Morgan fingerprint density at radius 1 is 0.232 bits per heavy atom. The molecule has 10 rings (SSSR count). The molecule has 2 nitrogen and oxygen atoms in total. The smallest absolute Gasteiger partial charge is 0.0468 e. The highest BCUT2D eigenvalue weighted by atomic mass is 15.1. The second kappa shape index (κ2) is 14.4. The summed E-state index contributed by atoms with van der Waals surface area (Å²) in [5.74, 6) is 0. The molecule has 0 unspecified atom stereocenters. The highest BCUT2D eigenvalue weighted by Crippen LogP contribution is 2.43. The summed E-state index contributed by atoms with van der Waals surface area (Å²) in [6.45, 7) is 0. The van der Waals surface area contributed by atoms with Crippen molar-refractivity contribution in [2.75, 3.05) is 9.80 Å². The molecule has 0 bridgehead atoms. The Bertz CT molecular complexity index is 2950. The zero-order valence-electron chi connectivity index (χ0n) is 30.8. The first kappa shape index (κ1) is 33.2. The molecule has 0 aromatic heterocycles. The summed E-state index contributed by atoms with van der Waals surface area (Å²) in [5.41, 5.74) is 11.5. The van der Waals surface area contributed by atoms with Gasteiger partial charge in [0.1, 0.15) is 0 Å². The van der Waals surface area contributed by atoms with Gasteiger partial charge in [0.25, 0.3) is 0 Å². The molecule has 0 N–H and O–H groups in total. The minimum absolute atomic E-state index is 1.11. The van der Waals surface area contributed by atoms with E-state index in [-0.39, 0.29) is 0 Å². The van der Waals surface area contributed by atoms with E-state index in [0.717, 1.165) is 34.1 Å². The van der Waals surface area contributed by atoms with Crippen LogP contribution in [0.3, 0.4) is 0 Å². The standard InChI is InChI=1S/C54H38N2/c1-3-18-46(19-4-1)55(50-34-23-39-13-7-9-16-44(39)37-50)48-30-25-42(26-31-48)53-36-29-41-15-11-12-22-52(41)54(53)43-27-32-49(33-28-43)56(47-20-5-2-6-21-47)51-35-24-40-14-8-10-17-45(40)38-51/h1-38H. The molecule has 0 atom stereocenters. The zero-order chi connectivity index (χ0) is 37.3. The van der Waals surface area contributed by atoms with Crippen molar-refractivity contribution in [1.82, 2.24) is 0 Å². The monoisotopic (exact) mass is 714 g/mol. The lowest BCUT2D eigenvalue weighted by Gasteiger charge is -2.26. The van der Waals surface area contributed by atoms with Crippen LogP contribution in [0.25, 0.3) is 54.6 Å². The molecule has 0 spiro atoms. The topological polar surface area (TPSA) is 6.48 Å². The highest BCUT2D eigenvalue weighted by Gasteiger charge is 2.18. The SMILES string of the molecule is c1ccc(N(c2ccc(-c3ccc4ccccc4c3-c3ccc(N(c4ccccc4)c4ccc5ccccc5c4)cc3)cc2)c2ccc3ccccc3c2)cc1. The molecule has 10 aromatic carbocycles. The van der Waals surface area contributed by atoms with Crippen LogP contribution in [0.15, 0.2) is 231 Å². The molecule has 0 aliphatic carbocycles. The minimum atomic E-state index is 1.11. The third kappa shape index (κ3) is 6.24. The summed E-state index contributed by atoms with van der Waals surface area (Å²) >= 11 is 0. The van der Waals surface area contributed by atoms with Crippen LogP contribution in [0.5, 0.6) is 0 Å². The Hall–Kier alpha value is -7.42. The van der Waals surface area contributed by atoms with E-state index >= 15 is 0 Å². The van der Waals surface area contributed by atoms with Gasteiger partial charge in [0, 0.05) is 34.1 Å². The van der Waals surface area contributed by atoms with Gasteiger partial charge in [-0.3, -0.25) is 0 Å². The van der Waals surface area contributed by atoms with Crippen molar-refractivity contribution in [3.63, 3.8) is 0 Å². The maximum Gasteiger partial charge on any atom is 0.0468 e. The lowest BCUT2D eigenvalue weighted by atomic mass is 9.89. The van der Waals surface area contributed by atoms with Crippen molar-refractivity contribution in [2.24, 2.45) is 0 Å². The third-order valence-corrected chi connectivity index (χ3v) is 10.8. The van der Waals surface area contributed by atoms with Crippen LogP contribution in [0.4, 0.5) is 34.1 Å². The minimum Gasteiger partial charge on any atom is -0.310 e. The number of para-hydroxylation sites is 2. The summed E-state index contributed by atoms with van der Waals surface area (Å²) < 4.78 is 0. The Labute approximate surface area is 327 Å². The van der Waals surface area contributed by atoms with Crippen LogP contribution >= 0.6 is 0 Å². The van der Waals surface area contributed by atoms with Gasteiger partial charge in [-0.1, -0.05) is 158 Å². The fourth-order valence-corrected chi connectivity index (χ4v) is 8.07. The summed E-state index contributed by atoms with van der Waals surface area (Å²) in [5, 5.41) is 7.37. The molecule has 0 radical (unpaired) electrons. The molecule has 0 saturated heterocycles. The summed E-state index contributed by atoms with van der Waals surface area (Å²) in [4.78, 5) is 4.68. The van der Waals surface area contributed by atoms with E-state index in [9.17, 15) is 0 Å². The van der Waals surface area contributed by atoms with E-state index in [0.29, 0.717) is 0 Å². The van der Waals surface area contributed by atoms with E-state index in [1.165, 1.54) is 54.6 Å². The summed E-state index contributed by atoms with van der Waals surface area (Å²) in [6.07, 6.45) is 0. The number of fused-ring (bicyclic) bond motifs is 3. The first-order valence-corrected chi connectivity index (χ1v) is 19.2. The van der Waals surface area contributed by atoms with Gasteiger partial charge in [0.2, 0.25) is 0 Å². The Balaban J connectivity index is 1.06. The predicted molar refractivity (Wildman–Crippen MR) is 239 cm³/mol. The van der Waals surface area contributed by atoms with Gasteiger partial charge in [0.05, 0.1) is 0 Å². The maximum atomic E-state index is 2.34. The van der Waals surface area contributed by atoms with Crippen LogP contribution in [0.2, 0.25) is 0 Å². The number of hydrogen-bond donors (Lipinski definition) is 0. The molecule has 10 aromatic rings. The third-order valence-electron chi connectivity index (χ3n) is 10.8. The summed E-state index contributed by atoms with van der Waals surface area (Å²) in [7, 11) is 0. The lowest BCUT2D eigenvalue weighted by Crippen LogP contribution is -2.09. The van der Waals surface area contributed by atoms with Crippen molar-refractivity contribution in [3.8, 4) is 22.3 Å². The number of hydrogen-bond acceptors (Lipinski definition) is 2. The van der Waals surface area contributed by atoms with Gasteiger partial charge in [-0.05, 0) is 127 Å². The summed E-state index contributed by atoms with van der Waals surface area (Å²) in [6, 6.07) is 83.1. The Morgan fingerprint density at radius 3 is 1.12 bits per heavy atom. The van der Waals surface area contributed by atoms with Crippen LogP contribution in [-0.4, -0.2) is 0 Å². The van der Waals surface area contributed by atoms with Crippen LogP contribution in [-0.2, 0) is 0 Å². The van der Waals surface area contributed by atoms with Crippen molar-refractivity contribution in [2.45, 2.75) is 0 Å². The molecular weight excluding hydrogens is 677 g/mol. The normalized spacial score (nSPS) is 11.2. The van der Waals surface area contributed by atoms with Gasteiger partial charge >= 0.3 is 0 Å². The fraction of sp³-hybridized carbons (Fsp3) is 0. The molecule has 2 heteroatoms. The number of benzene rings is 10. The predicted octanol–water partition coefficient (Wildman–Crippen LogP) is 15.4. The molecule has 56 heavy (non-hydrogen) atoms. The lowest BCUT2D eigenvalue weighted by molar-refractivity contribution is 1.29. The first-order chi connectivity index (χ1) is 27.8. The molecule has 0 amide bonds. The van der Waals surface area contributed by atoms with Gasteiger partial charge in [0.15, 0.2) is 0 Å². The fourth-order valence-electron chi connectivity index (χ4n) is 8.07. The van der Waals surface area contributed by atoms with E-state index in [1.54, 1.807) is 0 Å². The van der Waals surface area contributed by atoms with Gasteiger partial charge < -0.3 is 9.80 Å². The van der Waals surface area contributed by atoms with Crippen molar-refractivity contribution < 1.29 is 0 Å². The molecule has 0 heterocycles. The molecule has 0 saturated carbocycles. The van der Waals surface area contributed by atoms with Crippen molar-refractivity contribution >= 4 is 66.4 Å². The molecule has 264 valence electrons. The van der Waals surface area contributed by atoms with E-state index in [4.69, 9.17) is 0 Å². The second-order valence-corrected chi connectivity index (χ2v) is 14.2. The van der Waals surface area contributed by atoms with Crippen molar-refractivity contribution in [3.05, 3.63) is 231 Å². The van der Waals surface area contributed by atoms with Crippen LogP contribution in [0.1, 0.15) is 0 Å².